The maximum Gasteiger partial charge on any atom is 0.259 e. The van der Waals surface area contributed by atoms with Gasteiger partial charge in [-0.25, -0.2) is 4.98 Å². The largest absolute Gasteiger partial charge is 0.478 e. The highest BCUT2D eigenvalue weighted by atomic mass is 35.5. The van der Waals surface area contributed by atoms with E-state index in [0.29, 0.717) is 5.82 Å². The minimum atomic E-state index is 0.126. The zero-order valence-corrected chi connectivity index (χ0v) is 10.7. The van der Waals surface area contributed by atoms with Crippen molar-refractivity contribution in [1.82, 2.24) is 25.0 Å². The maximum atomic E-state index is 6.05. The van der Waals surface area contributed by atoms with Gasteiger partial charge in [-0.3, -0.25) is 0 Å². The Morgan fingerprint density at radius 3 is 2.84 bits per heavy atom. The van der Waals surface area contributed by atoms with E-state index in [1.165, 1.54) is 11.8 Å². The fourth-order valence-electron chi connectivity index (χ4n) is 1.71. The van der Waals surface area contributed by atoms with Crippen molar-refractivity contribution in [1.29, 1.82) is 0 Å². The van der Waals surface area contributed by atoms with Crippen molar-refractivity contribution in [2.45, 2.75) is 0 Å². The second kappa shape index (κ2) is 4.36. The third-order valence-corrected chi connectivity index (χ3v) is 2.83. The first kappa shape index (κ1) is 11.7. The van der Waals surface area contributed by atoms with Crippen LogP contribution >= 0.6 is 11.6 Å². The Morgan fingerprint density at radius 1 is 1.26 bits per heavy atom. The molecule has 7 nitrogen and oxygen atoms in total. The van der Waals surface area contributed by atoms with E-state index in [4.69, 9.17) is 22.1 Å². The normalized spacial score (nSPS) is 10.8. The summed E-state index contributed by atoms with van der Waals surface area (Å²) in [7, 11) is 1.46. The van der Waals surface area contributed by atoms with Crippen molar-refractivity contribution in [3.63, 3.8) is 0 Å². The summed E-state index contributed by atoms with van der Waals surface area (Å²) in [5.74, 6) is 0.640. The van der Waals surface area contributed by atoms with E-state index in [9.17, 15) is 0 Å². The standard InChI is InChI=1S/C11H9ClN6O/c1-19-11-9(13)14-8(12)10(15-11)18-7-5-3-2-4-6(7)16-17-18/h2-5H,1H3,(H2,13,14). The summed E-state index contributed by atoms with van der Waals surface area (Å²) in [4.78, 5) is 8.18. The van der Waals surface area contributed by atoms with Crippen LogP contribution in [0.3, 0.4) is 0 Å². The Labute approximate surface area is 113 Å². The zero-order chi connectivity index (χ0) is 13.4. The number of rotatable bonds is 2. The van der Waals surface area contributed by atoms with Crippen LogP contribution in [0.4, 0.5) is 5.82 Å². The van der Waals surface area contributed by atoms with Crippen molar-refractivity contribution in [3.05, 3.63) is 29.4 Å². The number of nitrogen functional groups attached to an aromatic ring is 1. The molecule has 0 unspecified atom stereocenters. The fraction of sp³-hybridized carbons (Fsp3) is 0.0909. The molecule has 0 aliphatic rings. The third kappa shape index (κ3) is 1.84. The molecule has 0 aliphatic heterocycles. The summed E-state index contributed by atoms with van der Waals surface area (Å²) >= 11 is 6.05. The molecule has 1 aromatic carbocycles. The molecule has 0 fully saturated rings. The van der Waals surface area contributed by atoms with E-state index in [1.807, 2.05) is 24.3 Å². The number of hydrogen-bond donors (Lipinski definition) is 1. The summed E-state index contributed by atoms with van der Waals surface area (Å²) in [5, 5.41) is 8.18. The first-order chi connectivity index (χ1) is 9.20. The van der Waals surface area contributed by atoms with Gasteiger partial charge >= 0.3 is 0 Å². The molecule has 0 saturated heterocycles. The second-order valence-electron chi connectivity index (χ2n) is 3.72. The van der Waals surface area contributed by atoms with E-state index in [2.05, 4.69) is 20.3 Å². The number of hydrogen-bond acceptors (Lipinski definition) is 6. The lowest BCUT2D eigenvalue weighted by atomic mass is 10.3. The van der Waals surface area contributed by atoms with Crippen LogP contribution in [0.15, 0.2) is 24.3 Å². The maximum absolute atomic E-state index is 6.05. The average Bonchev–Trinajstić information content (AvgIpc) is 2.83. The predicted octanol–water partition coefficient (Wildman–Crippen LogP) is 1.45. The van der Waals surface area contributed by atoms with E-state index in [0.717, 1.165) is 11.0 Å². The Hall–Kier alpha value is -2.41. The minimum Gasteiger partial charge on any atom is -0.478 e. The molecule has 2 heterocycles. The number of methoxy groups -OCH3 is 1. The van der Waals surface area contributed by atoms with Gasteiger partial charge in [-0.05, 0) is 12.1 Å². The number of nitrogens with zero attached hydrogens (tertiary/aromatic N) is 5. The number of benzene rings is 1. The third-order valence-electron chi connectivity index (χ3n) is 2.58. The van der Waals surface area contributed by atoms with Crippen molar-refractivity contribution in [2.24, 2.45) is 0 Å². The smallest absolute Gasteiger partial charge is 0.259 e. The summed E-state index contributed by atoms with van der Waals surface area (Å²) in [6.45, 7) is 0. The van der Waals surface area contributed by atoms with Gasteiger partial charge in [0.2, 0.25) is 0 Å². The van der Waals surface area contributed by atoms with Gasteiger partial charge in [0, 0.05) is 0 Å². The molecule has 2 N–H and O–H groups in total. The summed E-state index contributed by atoms with van der Waals surface area (Å²) in [6.07, 6.45) is 0. The molecule has 19 heavy (non-hydrogen) atoms. The molecule has 96 valence electrons. The zero-order valence-electron chi connectivity index (χ0n) is 9.91. The molecule has 0 saturated carbocycles. The Kier molecular flexibility index (Phi) is 2.68. The Morgan fingerprint density at radius 2 is 2.05 bits per heavy atom. The highest BCUT2D eigenvalue weighted by Gasteiger charge is 2.15. The van der Waals surface area contributed by atoms with Gasteiger partial charge in [-0.2, -0.15) is 9.67 Å². The molecule has 8 heteroatoms. The lowest BCUT2D eigenvalue weighted by molar-refractivity contribution is 0.397. The lowest BCUT2D eigenvalue weighted by Crippen LogP contribution is -2.07. The van der Waals surface area contributed by atoms with Crippen LogP contribution in [-0.4, -0.2) is 32.1 Å². The van der Waals surface area contributed by atoms with Gasteiger partial charge in [0.15, 0.2) is 16.8 Å². The summed E-state index contributed by atoms with van der Waals surface area (Å²) in [6, 6.07) is 7.45. The van der Waals surface area contributed by atoms with E-state index in [-0.39, 0.29) is 16.9 Å². The van der Waals surface area contributed by atoms with Crippen molar-refractivity contribution >= 4 is 28.5 Å². The van der Waals surface area contributed by atoms with Crippen molar-refractivity contribution < 1.29 is 4.74 Å². The number of aromatic nitrogens is 5. The molecule has 2 aromatic heterocycles. The minimum absolute atomic E-state index is 0.126. The van der Waals surface area contributed by atoms with Gasteiger partial charge in [0.05, 0.1) is 12.6 Å². The molecule has 3 rings (SSSR count). The quantitative estimate of drug-likeness (QED) is 0.762. The first-order valence-corrected chi connectivity index (χ1v) is 5.76. The van der Waals surface area contributed by atoms with E-state index >= 15 is 0 Å². The number of halogens is 1. The molecule has 0 radical (unpaired) electrons. The molecule has 0 amide bonds. The number of ether oxygens (including phenoxy) is 1. The molecule has 3 aromatic rings. The van der Waals surface area contributed by atoms with E-state index < -0.39 is 0 Å². The molecule has 0 aliphatic carbocycles. The summed E-state index contributed by atoms with van der Waals surface area (Å²) in [5.41, 5.74) is 7.14. The summed E-state index contributed by atoms with van der Waals surface area (Å²) < 4.78 is 6.52. The monoisotopic (exact) mass is 276 g/mol. The molecule has 0 spiro atoms. The number of fused-ring (bicyclic) bond motifs is 1. The van der Waals surface area contributed by atoms with Crippen molar-refractivity contribution in [3.8, 4) is 11.7 Å². The van der Waals surface area contributed by atoms with Crippen LogP contribution in [0, 0.1) is 0 Å². The Bertz CT molecular complexity index is 756. The molecule has 0 atom stereocenters. The molecule has 0 bridgehead atoms. The van der Waals surface area contributed by atoms with Gasteiger partial charge in [0.25, 0.3) is 5.88 Å². The van der Waals surface area contributed by atoms with Crippen molar-refractivity contribution in [2.75, 3.05) is 12.8 Å². The van der Waals surface area contributed by atoms with Crippen LogP contribution < -0.4 is 10.5 Å². The second-order valence-corrected chi connectivity index (χ2v) is 4.08. The molecular weight excluding hydrogens is 268 g/mol. The van der Waals surface area contributed by atoms with Crippen LogP contribution in [0.25, 0.3) is 16.9 Å². The van der Waals surface area contributed by atoms with Gasteiger partial charge < -0.3 is 10.5 Å². The number of para-hydroxylation sites is 1. The van der Waals surface area contributed by atoms with Gasteiger partial charge in [-0.1, -0.05) is 28.9 Å². The Balaban J connectivity index is 2.27. The molecular formula is C11H9ClN6O. The highest BCUT2D eigenvalue weighted by Crippen LogP contribution is 2.25. The predicted molar refractivity (Wildman–Crippen MR) is 70.4 cm³/mol. The van der Waals surface area contributed by atoms with Crippen LogP contribution in [0.1, 0.15) is 0 Å². The van der Waals surface area contributed by atoms with E-state index in [1.54, 1.807) is 0 Å². The first-order valence-electron chi connectivity index (χ1n) is 5.38. The van der Waals surface area contributed by atoms with Gasteiger partial charge in [-0.15, -0.1) is 5.10 Å². The van der Waals surface area contributed by atoms with Gasteiger partial charge in [0.1, 0.15) is 5.52 Å². The topological polar surface area (TPSA) is 91.7 Å². The van der Waals surface area contributed by atoms with Crippen LogP contribution in [0.2, 0.25) is 5.15 Å². The fourth-order valence-corrected chi connectivity index (χ4v) is 1.93. The number of nitrogens with two attached hydrogens (primary N) is 1. The number of anilines is 1. The highest BCUT2D eigenvalue weighted by molar-refractivity contribution is 6.31. The van der Waals surface area contributed by atoms with Crippen LogP contribution in [-0.2, 0) is 0 Å². The average molecular weight is 277 g/mol. The SMILES string of the molecule is COc1nc(-n2nnc3ccccc32)c(Cl)nc1N. The lowest BCUT2D eigenvalue weighted by Gasteiger charge is -2.07. The van der Waals surface area contributed by atoms with Crippen LogP contribution in [0.5, 0.6) is 5.88 Å².